The van der Waals surface area contributed by atoms with E-state index in [1.54, 1.807) is 18.2 Å². The maximum Gasteiger partial charge on any atom is 0.450 e. The number of alkyl halides is 3. The average molecular weight is 350 g/mol. The van der Waals surface area contributed by atoms with Crippen molar-refractivity contribution < 1.29 is 27.1 Å². The number of fused-ring (bicyclic) bond motifs is 1. The maximum absolute atomic E-state index is 13.5. The Labute approximate surface area is 140 Å². The Morgan fingerprint density at radius 1 is 0.920 bits per heavy atom. The fourth-order valence-electron chi connectivity index (χ4n) is 2.67. The van der Waals surface area contributed by atoms with Crippen molar-refractivity contribution in [2.75, 3.05) is 14.2 Å². The maximum atomic E-state index is 13.5. The second-order valence-corrected chi connectivity index (χ2v) is 5.21. The Kier molecular flexibility index (Phi) is 4.16. The van der Waals surface area contributed by atoms with E-state index in [0.29, 0.717) is 0 Å². The molecule has 130 valence electrons. The van der Waals surface area contributed by atoms with Gasteiger partial charge in [0.15, 0.2) is 11.5 Å². The summed E-state index contributed by atoms with van der Waals surface area (Å²) in [5, 5.41) is 0.0527. The van der Waals surface area contributed by atoms with Crippen LogP contribution in [-0.4, -0.2) is 14.2 Å². The number of rotatable bonds is 3. The van der Waals surface area contributed by atoms with Crippen molar-refractivity contribution in [3.8, 4) is 22.6 Å². The van der Waals surface area contributed by atoms with Crippen LogP contribution in [0.5, 0.6) is 11.5 Å². The molecular formula is C18H13F3O4. The van der Waals surface area contributed by atoms with Crippen LogP contribution in [0.15, 0.2) is 51.7 Å². The molecule has 0 unspecified atom stereocenters. The third-order valence-corrected chi connectivity index (χ3v) is 3.75. The van der Waals surface area contributed by atoms with Gasteiger partial charge in [0.2, 0.25) is 5.76 Å². The summed E-state index contributed by atoms with van der Waals surface area (Å²) in [5.74, 6) is -0.907. The van der Waals surface area contributed by atoms with Gasteiger partial charge in [0.25, 0.3) is 0 Å². The molecule has 0 bridgehead atoms. The number of hydrogen-bond donors (Lipinski definition) is 0. The van der Waals surface area contributed by atoms with Crippen LogP contribution >= 0.6 is 0 Å². The first-order valence-electron chi connectivity index (χ1n) is 7.22. The summed E-state index contributed by atoms with van der Waals surface area (Å²) in [6.07, 6.45) is -4.83. The molecule has 0 radical (unpaired) electrons. The molecule has 1 heterocycles. The standard InChI is InChI=1S/C18H13F3O4/c1-23-13-8-11-12(9-14(13)24-2)17(22)25-16(18(19,20)21)15(11)10-6-4-3-5-7-10/h3-9H,1-2H3. The molecule has 2 aromatic carbocycles. The largest absolute Gasteiger partial charge is 0.493 e. The molecule has 0 amide bonds. The third kappa shape index (κ3) is 2.93. The topological polar surface area (TPSA) is 48.7 Å². The highest BCUT2D eigenvalue weighted by Gasteiger charge is 2.39. The molecule has 25 heavy (non-hydrogen) atoms. The van der Waals surface area contributed by atoms with Gasteiger partial charge in [-0.05, 0) is 17.7 Å². The van der Waals surface area contributed by atoms with Gasteiger partial charge < -0.3 is 13.9 Å². The van der Waals surface area contributed by atoms with Gasteiger partial charge in [-0.15, -0.1) is 0 Å². The minimum Gasteiger partial charge on any atom is -0.493 e. The van der Waals surface area contributed by atoms with Crippen molar-refractivity contribution in [3.05, 3.63) is 58.6 Å². The van der Waals surface area contributed by atoms with Crippen LogP contribution in [0.4, 0.5) is 13.2 Å². The lowest BCUT2D eigenvalue weighted by Crippen LogP contribution is -2.14. The van der Waals surface area contributed by atoms with E-state index in [0.717, 1.165) is 0 Å². The summed E-state index contributed by atoms with van der Waals surface area (Å²) in [6, 6.07) is 10.6. The van der Waals surface area contributed by atoms with Gasteiger partial charge in [-0.3, -0.25) is 0 Å². The van der Waals surface area contributed by atoms with Crippen molar-refractivity contribution in [2.24, 2.45) is 0 Å². The molecule has 0 fully saturated rings. The summed E-state index contributed by atoms with van der Waals surface area (Å²) in [4.78, 5) is 12.1. The number of hydrogen-bond acceptors (Lipinski definition) is 4. The first-order valence-corrected chi connectivity index (χ1v) is 7.22. The third-order valence-electron chi connectivity index (χ3n) is 3.75. The summed E-state index contributed by atoms with van der Waals surface area (Å²) >= 11 is 0. The van der Waals surface area contributed by atoms with Crippen LogP contribution in [0, 0.1) is 0 Å². The number of ether oxygens (including phenoxy) is 2. The zero-order chi connectivity index (χ0) is 18.2. The fraction of sp³-hybridized carbons (Fsp3) is 0.167. The van der Waals surface area contributed by atoms with Gasteiger partial charge >= 0.3 is 11.8 Å². The highest BCUT2D eigenvalue weighted by molar-refractivity contribution is 5.98. The van der Waals surface area contributed by atoms with Crippen molar-refractivity contribution in [2.45, 2.75) is 6.18 Å². The molecule has 0 spiro atoms. The highest BCUT2D eigenvalue weighted by atomic mass is 19.4. The summed E-state index contributed by atoms with van der Waals surface area (Å²) < 4.78 is 55.4. The van der Waals surface area contributed by atoms with E-state index in [2.05, 4.69) is 4.42 Å². The smallest absolute Gasteiger partial charge is 0.450 e. The molecule has 3 aromatic rings. The molecule has 7 heteroatoms. The van der Waals surface area contributed by atoms with Crippen LogP contribution in [0.25, 0.3) is 21.9 Å². The summed E-state index contributed by atoms with van der Waals surface area (Å²) in [6.45, 7) is 0. The SMILES string of the molecule is COc1cc2c(-c3ccccc3)c(C(F)(F)F)oc(=O)c2cc1OC. The summed E-state index contributed by atoms with van der Waals surface area (Å²) in [5.41, 5.74) is -1.04. The first-order chi connectivity index (χ1) is 11.9. The summed E-state index contributed by atoms with van der Waals surface area (Å²) in [7, 11) is 2.73. The number of methoxy groups -OCH3 is 2. The van der Waals surface area contributed by atoms with E-state index in [4.69, 9.17) is 9.47 Å². The Balaban J connectivity index is 2.51. The Morgan fingerprint density at radius 2 is 1.48 bits per heavy atom. The van der Waals surface area contributed by atoms with Crippen LogP contribution in [-0.2, 0) is 6.18 Å². The van der Waals surface area contributed by atoms with E-state index < -0.39 is 17.6 Å². The van der Waals surface area contributed by atoms with E-state index in [-0.39, 0.29) is 33.4 Å². The Bertz CT molecular complexity index is 976. The van der Waals surface area contributed by atoms with Crippen molar-refractivity contribution in [1.29, 1.82) is 0 Å². The zero-order valence-electron chi connectivity index (χ0n) is 13.3. The van der Waals surface area contributed by atoms with Gasteiger partial charge in [-0.25, -0.2) is 4.79 Å². The number of benzene rings is 2. The lowest BCUT2D eigenvalue weighted by atomic mass is 9.97. The van der Waals surface area contributed by atoms with E-state index in [9.17, 15) is 18.0 Å². The van der Waals surface area contributed by atoms with E-state index in [1.807, 2.05) is 0 Å². The lowest BCUT2D eigenvalue weighted by Gasteiger charge is -2.15. The van der Waals surface area contributed by atoms with Crippen molar-refractivity contribution in [3.63, 3.8) is 0 Å². The highest BCUT2D eigenvalue weighted by Crippen LogP contribution is 2.42. The van der Waals surface area contributed by atoms with Gasteiger partial charge in [0, 0.05) is 10.9 Å². The molecule has 0 aliphatic carbocycles. The molecule has 0 saturated carbocycles. The fourth-order valence-corrected chi connectivity index (χ4v) is 2.67. The molecule has 3 rings (SSSR count). The molecule has 1 aromatic heterocycles. The van der Waals surface area contributed by atoms with E-state index >= 15 is 0 Å². The molecule has 4 nitrogen and oxygen atoms in total. The van der Waals surface area contributed by atoms with Crippen molar-refractivity contribution in [1.82, 2.24) is 0 Å². The van der Waals surface area contributed by atoms with Gasteiger partial charge in [0.1, 0.15) is 0 Å². The molecule has 0 aliphatic heterocycles. The second kappa shape index (κ2) is 6.16. The van der Waals surface area contributed by atoms with Crippen LogP contribution in [0.1, 0.15) is 5.76 Å². The van der Waals surface area contributed by atoms with Gasteiger partial charge in [0.05, 0.1) is 19.6 Å². The monoisotopic (exact) mass is 350 g/mol. The molecule has 0 N–H and O–H groups in total. The average Bonchev–Trinajstić information content (AvgIpc) is 2.60. The molecule has 0 aliphatic rings. The van der Waals surface area contributed by atoms with Gasteiger partial charge in [-0.1, -0.05) is 30.3 Å². The Hall–Kier alpha value is -2.96. The molecule has 0 atom stereocenters. The Morgan fingerprint density at radius 3 is 2.00 bits per heavy atom. The predicted octanol–water partition coefficient (Wildman–Crippen LogP) is 4.50. The van der Waals surface area contributed by atoms with Crippen LogP contribution in [0.3, 0.4) is 0 Å². The van der Waals surface area contributed by atoms with Gasteiger partial charge in [-0.2, -0.15) is 13.2 Å². The first kappa shape index (κ1) is 16.9. The van der Waals surface area contributed by atoms with Crippen LogP contribution in [0.2, 0.25) is 0 Å². The predicted molar refractivity (Wildman–Crippen MR) is 86.0 cm³/mol. The minimum absolute atomic E-state index is 0.0236. The zero-order valence-corrected chi connectivity index (χ0v) is 13.3. The molecular weight excluding hydrogens is 337 g/mol. The van der Waals surface area contributed by atoms with Crippen molar-refractivity contribution >= 4 is 10.8 Å². The normalized spacial score (nSPS) is 11.6. The second-order valence-electron chi connectivity index (χ2n) is 5.21. The lowest BCUT2D eigenvalue weighted by molar-refractivity contribution is -0.153. The van der Waals surface area contributed by atoms with E-state index in [1.165, 1.54) is 38.5 Å². The molecule has 0 saturated heterocycles. The quantitative estimate of drug-likeness (QED) is 0.698. The minimum atomic E-state index is -4.83. The number of halogens is 3. The van der Waals surface area contributed by atoms with Crippen LogP contribution < -0.4 is 15.1 Å².